The number of fused-ring (bicyclic) bond motifs is 1. The van der Waals surface area contributed by atoms with Crippen molar-refractivity contribution >= 4 is 22.8 Å². The van der Waals surface area contributed by atoms with Crippen molar-refractivity contribution in [1.29, 1.82) is 0 Å². The topological polar surface area (TPSA) is 85.6 Å². The molecule has 1 heterocycles. The van der Waals surface area contributed by atoms with Gasteiger partial charge in [-0.05, 0) is 48.2 Å². The van der Waals surface area contributed by atoms with Gasteiger partial charge < -0.3 is 14.5 Å². The summed E-state index contributed by atoms with van der Waals surface area (Å²) in [6, 6.07) is 13.7. The molecule has 0 saturated carbocycles. The van der Waals surface area contributed by atoms with Crippen LogP contribution in [0.3, 0.4) is 0 Å². The summed E-state index contributed by atoms with van der Waals surface area (Å²) in [7, 11) is 0. The number of carbonyl (C=O) groups is 2. The first-order valence-electron chi connectivity index (χ1n) is 9.41. The van der Waals surface area contributed by atoms with Crippen molar-refractivity contribution in [2.45, 2.75) is 33.3 Å². The molecular formula is C23H23NO5. The molecule has 6 heteroatoms. The summed E-state index contributed by atoms with van der Waals surface area (Å²) >= 11 is 0. The van der Waals surface area contributed by atoms with Crippen molar-refractivity contribution in [2.75, 3.05) is 6.54 Å². The Balaban J connectivity index is 1.71. The van der Waals surface area contributed by atoms with Gasteiger partial charge in [-0.25, -0.2) is 4.79 Å². The smallest absolute Gasteiger partial charge is 0.336 e. The van der Waals surface area contributed by atoms with Gasteiger partial charge in [0.25, 0.3) is 5.91 Å². The number of hydrogen-bond donors (Lipinski definition) is 1. The summed E-state index contributed by atoms with van der Waals surface area (Å²) in [5.41, 5.74) is 3.16. The minimum absolute atomic E-state index is 0.0806. The monoisotopic (exact) mass is 393 g/mol. The molecule has 0 atom stereocenters. The van der Waals surface area contributed by atoms with E-state index >= 15 is 0 Å². The first-order chi connectivity index (χ1) is 13.8. The first-order valence-corrected chi connectivity index (χ1v) is 9.41. The number of nitrogens with one attached hydrogen (secondary N) is 1. The van der Waals surface area contributed by atoms with Gasteiger partial charge >= 0.3 is 11.6 Å². The SMILES string of the molecule is Cc1cc2oc(=O)cc(COC(=O)CNC(=O)c3ccccc3)c2cc1C(C)C. The molecule has 150 valence electrons. The Morgan fingerprint density at radius 2 is 1.83 bits per heavy atom. The molecule has 2 aromatic carbocycles. The van der Waals surface area contributed by atoms with Crippen molar-refractivity contribution in [3.05, 3.63) is 81.2 Å². The lowest BCUT2D eigenvalue weighted by atomic mass is 9.95. The molecule has 0 saturated heterocycles. The standard InChI is InChI=1S/C23H23NO5/c1-14(2)18-11-19-17(10-21(25)29-20(19)9-15(18)3)13-28-22(26)12-24-23(27)16-7-5-4-6-8-16/h4-11,14H,12-13H2,1-3H3,(H,24,27). The first kappa shape index (κ1) is 20.3. The molecule has 0 unspecified atom stereocenters. The minimum Gasteiger partial charge on any atom is -0.459 e. The Labute approximate surface area is 168 Å². The number of carbonyl (C=O) groups excluding carboxylic acids is 2. The third-order valence-corrected chi connectivity index (χ3v) is 4.66. The Hall–Kier alpha value is -3.41. The zero-order chi connectivity index (χ0) is 21.0. The molecule has 0 aliphatic rings. The maximum absolute atomic E-state index is 12.1. The number of amides is 1. The predicted octanol–water partition coefficient (Wildman–Crippen LogP) is 3.70. The summed E-state index contributed by atoms with van der Waals surface area (Å²) in [6.07, 6.45) is 0. The average Bonchev–Trinajstić information content (AvgIpc) is 2.69. The molecule has 6 nitrogen and oxygen atoms in total. The Morgan fingerprint density at radius 1 is 1.10 bits per heavy atom. The maximum Gasteiger partial charge on any atom is 0.336 e. The van der Waals surface area contributed by atoms with E-state index in [1.165, 1.54) is 6.07 Å². The van der Waals surface area contributed by atoms with Crippen LogP contribution in [0.2, 0.25) is 0 Å². The van der Waals surface area contributed by atoms with Gasteiger partial charge in [0.05, 0.1) is 0 Å². The molecule has 3 rings (SSSR count). The van der Waals surface area contributed by atoms with Gasteiger partial charge in [0.1, 0.15) is 18.7 Å². The van der Waals surface area contributed by atoms with E-state index in [0.29, 0.717) is 22.6 Å². The van der Waals surface area contributed by atoms with Crippen molar-refractivity contribution in [2.24, 2.45) is 0 Å². The average molecular weight is 393 g/mol. The van der Waals surface area contributed by atoms with E-state index in [-0.39, 0.29) is 19.1 Å². The number of esters is 1. The van der Waals surface area contributed by atoms with Gasteiger partial charge in [0.15, 0.2) is 0 Å². The molecule has 0 fully saturated rings. The summed E-state index contributed by atoms with van der Waals surface area (Å²) in [5, 5.41) is 3.26. The fourth-order valence-corrected chi connectivity index (χ4v) is 3.19. The summed E-state index contributed by atoms with van der Waals surface area (Å²) < 4.78 is 10.6. The number of rotatable bonds is 6. The Morgan fingerprint density at radius 3 is 2.52 bits per heavy atom. The van der Waals surface area contributed by atoms with Crippen LogP contribution in [0.15, 0.2) is 57.7 Å². The van der Waals surface area contributed by atoms with E-state index in [1.807, 2.05) is 19.1 Å². The van der Waals surface area contributed by atoms with Gasteiger partial charge in [-0.2, -0.15) is 0 Å². The molecule has 3 aromatic rings. The van der Waals surface area contributed by atoms with Crippen LogP contribution in [0.1, 0.15) is 46.8 Å². The minimum atomic E-state index is -0.591. The zero-order valence-electron chi connectivity index (χ0n) is 16.7. The second-order valence-corrected chi connectivity index (χ2v) is 7.16. The van der Waals surface area contributed by atoms with Crippen molar-refractivity contribution < 1.29 is 18.7 Å². The Bertz CT molecular complexity index is 1100. The van der Waals surface area contributed by atoms with E-state index in [9.17, 15) is 14.4 Å². The summed E-state index contributed by atoms with van der Waals surface area (Å²) in [6.45, 7) is 5.80. The van der Waals surface area contributed by atoms with Crippen LogP contribution in [-0.2, 0) is 16.1 Å². The number of aryl methyl sites for hydroxylation is 1. The van der Waals surface area contributed by atoms with Crippen LogP contribution in [0.25, 0.3) is 11.0 Å². The Kier molecular flexibility index (Phi) is 6.12. The third-order valence-electron chi connectivity index (χ3n) is 4.66. The van der Waals surface area contributed by atoms with Gasteiger partial charge in [0.2, 0.25) is 0 Å². The highest BCUT2D eigenvalue weighted by Gasteiger charge is 2.14. The van der Waals surface area contributed by atoms with Crippen molar-refractivity contribution in [1.82, 2.24) is 5.32 Å². The van der Waals surface area contributed by atoms with Crippen molar-refractivity contribution in [3.63, 3.8) is 0 Å². The van der Waals surface area contributed by atoms with Crippen LogP contribution >= 0.6 is 0 Å². The summed E-state index contributed by atoms with van der Waals surface area (Å²) in [4.78, 5) is 36.0. The molecule has 1 amide bonds. The molecule has 1 aromatic heterocycles. The van der Waals surface area contributed by atoms with Gasteiger partial charge in [0, 0.05) is 22.6 Å². The molecule has 0 aliphatic heterocycles. The van der Waals surface area contributed by atoms with E-state index in [2.05, 4.69) is 19.2 Å². The van der Waals surface area contributed by atoms with Crippen LogP contribution in [0.4, 0.5) is 0 Å². The lowest BCUT2D eigenvalue weighted by Gasteiger charge is -2.13. The molecule has 0 spiro atoms. The number of benzene rings is 2. The maximum atomic E-state index is 12.1. The fraction of sp³-hybridized carbons (Fsp3) is 0.261. The van der Waals surface area contributed by atoms with E-state index in [1.54, 1.807) is 30.3 Å². The second-order valence-electron chi connectivity index (χ2n) is 7.16. The largest absolute Gasteiger partial charge is 0.459 e. The molecule has 1 N–H and O–H groups in total. The predicted molar refractivity (Wildman–Crippen MR) is 110 cm³/mol. The normalized spacial score (nSPS) is 10.9. The molecule has 0 radical (unpaired) electrons. The van der Waals surface area contributed by atoms with Gasteiger partial charge in [-0.1, -0.05) is 32.0 Å². The van der Waals surface area contributed by atoms with Crippen LogP contribution in [0, 0.1) is 6.92 Å². The number of hydrogen-bond acceptors (Lipinski definition) is 5. The van der Waals surface area contributed by atoms with E-state index in [4.69, 9.17) is 9.15 Å². The highest BCUT2D eigenvalue weighted by atomic mass is 16.5. The molecule has 0 bridgehead atoms. The highest BCUT2D eigenvalue weighted by molar-refractivity contribution is 5.95. The van der Waals surface area contributed by atoms with Crippen LogP contribution < -0.4 is 10.9 Å². The summed E-state index contributed by atoms with van der Waals surface area (Å²) in [5.74, 6) is -0.646. The number of ether oxygens (including phenoxy) is 1. The van der Waals surface area contributed by atoms with Gasteiger partial charge in [-0.3, -0.25) is 9.59 Å². The highest BCUT2D eigenvalue weighted by Crippen LogP contribution is 2.27. The van der Waals surface area contributed by atoms with Crippen molar-refractivity contribution in [3.8, 4) is 0 Å². The third kappa shape index (κ3) is 4.90. The molecule has 0 aliphatic carbocycles. The fourth-order valence-electron chi connectivity index (χ4n) is 3.19. The second kappa shape index (κ2) is 8.73. The van der Waals surface area contributed by atoms with Crippen LogP contribution in [0.5, 0.6) is 0 Å². The molecule has 29 heavy (non-hydrogen) atoms. The van der Waals surface area contributed by atoms with E-state index < -0.39 is 11.6 Å². The molecular weight excluding hydrogens is 370 g/mol. The van der Waals surface area contributed by atoms with Crippen LogP contribution in [-0.4, -0.2) is 18.4 Å². The zero-order valence-corrected chi connectivity index (χ0v) is 16.7. The lowest BCUT2D eigenvalue weighted by Crippen LogP contribution is -2.30. The van der Waals surface area contributed by atoms with E-state index in [0.717, 1.165) is 16.5 Å². The quantitative estimate of drug-likeness (QED) is 0.510. The lowest BCUT2D eigenvalue weighted by molar-refractivity contribution is -0.143. The van der Waals surface area contributed by atoms with Gasteiger partial charge in [-0.15, -0.1) is 0 Å².